The van der Waals surface area contributed by atoms with Gasteiger partial charge in [0.05, 0.1) is 12.8 Å². The summed E-state index contributed by atoms with van der Waals surface area (Å²) < 4.78 is 16.8. The van der Waals surface area contributed by atoms with Crippen molar-refractivity contribution in [1.82, 2.24) is 5.32 Å². The summed E-state index contributed by atoms with van der Waals surface area (Å²) in [6.45, 7) is 3.72. The Morgan fingerprint density at radius 1 is 1.59 bits per heavy atom. The van der Waals surface area contributed by atoms with E-state index in [1.165, 1.54) is 0 Å². The van der Waals surface area contributed by atoms with Crippen LogP contribution in [0.15, 0.2) is 22.8 Å². The minimum atomic E-state index is -1.24. The van der Waals surface area contributed by atoms with Gasteiger partial charge in [0, 0.05) is 22.6 Å². The summed E-state index contributed by atoms with van der Waals surface area (Å²) in [4.78, 5) is 11.7. The smallest absolute Gasteiger partial charge is 0.235 e. The van der Waals surface area contributed by atoms with E-state index in [9.17, 15) is 9.00 Å². The lowest BCUT2D eigenvalue weighted by Gasteiger charge is -2.12. The van der Waals surface area contributed by atoms with Gasteiger partial charge in [0.15, 0.2) is 0 Å². The molecule has 3 unspecified atom stereocenters. The van der Waals surface area contributed by atoms with Crippen LogP contribution in [0.1, 0.15) is 19.6 Å². The fourth-order valence-electron chi connectivity index (χ4n) is 1.25. The second kappa shape index (κ2) is 6.56. The molecule has 0 bridgehead atoms. The van der Waals surface area contributed by atoms with Gasteiger partial charge in [-0.05, 0) is 26.0 Å². The van der Waals surface area contributed by atoms with Gasteiger partial charge in [-0.25, -0.2) is 0 Å². The second-order valence-electron chi connectivity index (χ2n) is 3.96. The highest BCUT2D eigenvalue weighted by molar-refractivity contribution is 7.86. The molecule has 0 aliphatic carbocycles. The Hall–Kier alpha value is -1.14. The quantitative estimate of drug-likeness (QED) is 0.772. The monoisotopic (exact) mass is 258 g/mol. The molecule has 0 fully saturated rings. The molecule has 1 rings (SSSR count). The minimum absolute atomic E-state index is 0.170. The van der Waals surface area contributed by atoms with Crippen LogP contribution in [0.2, 0.25) is 0 Å². The summed E-state index contributed by atoms with van der Waals surface area (Å²) >= 11 is 0. The van der Waals surface area contributed by atoms with Crippen LogP contribution in [0.5, 0.6) is 0 Å². The molecule has 0 aliphatic heterocycles. The van der Waals surface area contributed by atoms with Crippen molar-refractivity contribution in [3.8, 4) is 0 Å². The first-order chi connectivity index (χ1) is 8.00. The molecule has 0 radical (unpaired) electrons. The molecule has 3 atom stereocenters. The number of rotatable bonds is 6. The molecule has 1 aromatic rings. The van der Waals surface area contributed by atoms with Crippen LogP contribution in [-0.4, -0.2) is 27.2 Å². The molecule has 1 aromatic heterocycles. The number of hydrogen-bond donors (Lipinski definition) is 2. The molecule has 17 heavy (non-hydrogen) atoms. The van der Waals surface area contributed by atoms with E-state index in [0.29, 0.717) is 18.1 Å². The van der Waals surface area contributed by atoms with Gasteiger partial charge in [-0.1, -0.05) is 0 Å². The van der Waals surface area contributed by atoms with Crippen molar-refractivity contribution in [2.45, 2.75) is 31.7 Å². The predicted molar refractivity (Wildman–Crippen MR) is 66.7 cm³/mol. The molecular weight excluding hydrogens is 240 g/mol. The maximum atomic E-state index is 11.7. The van der Waals surface area contributed by atoms with Crippen LogP contribution in [0.4, 0.5) is 0 Å². The highest BCUT2D eigenvalue weighted by Crippen LogP contribution is 2.01. The van der Waals surface area contributed by atoms with Crippen molar-refractivity contribution < 1.29 is 13.4 Å². The number of furan rings is 1. The zero-order valence-electron chi connectivity index (χ0n) is 10.0. The van der Waals surface area contributed by atoms with Gasteiger partial charge in [-0.2, -0.15) is 0 Å². The maximum Gasteiger partial charge on any atom is 0.235 e. The minimum Gasteiger partial charge on any atom is -0.467 e. The lowest BCUT2D eigenvalue weighted by molar-refractivity contribution is -0.120. The number of carbonyl (C=O) groups excluding carboxylic acids is 1. The summed E-state index contributed by atoms with van der Waals surface area (Å²) in [5, 5.41) is 2.11. The third kappa shape index (κ3) is 4.70. The molecule has 5 nitrogen and oxygen atoms in total. The highest BCUT2D eigenvalue weighted by Gasteiger charge is 2.20. The number of hydrogen-bond acceptors (Lipinski definition) is 4. The van der Waals surface area contributed by atoms with Gasteiger partial charge < -0.3 is 15.5 Å². The van der Waals surface area contributed by atoms with E-state index in [1.807, 2.05) is 0 Å². The molecular formula is C11H18N2O3S. The Bertz CT molecular complexity index is 376. The molecule has 0 aromatic carbocycles. The molecule has 0 saturated carbocycles. The second-order valence-corrected chi connectivity index (χ2v) is 5.77. The van der Waals surface area contributed by atoms with E-state index in [-0.39, 0.29) is 11.9 Å². The average molecular weight is 258 g/mol. The zero-order chi connectivity index (χ0) is 12.8. The van der Waals surface area contributed by atoms with Crippen LogP contribution in [0.3, 0.4) is 0 Å². The van der Waals surface area contributed by atoms with Crippen LogP contribution in [-0.2, 0) is 22.1 Å². The summed E-state index contributed by atoms with van der Waals surface area (Å²) in [5.74, 6) is 0.749. The molecule has 0 saturated heterocycles. The third-order valence-corrected chi connectivity index (χ3v) is 4.06. The van der Waals surface area contributed by atoms with E-state index in [1.54, 1.807) is 32.2 Å². The van der Waals surface area contributed by atoms with Crippen LogP contribution < -0.4 is 11.1 Å². The Morgan fingerprint density at radius 3 is 2.82 bits per heavy atom. The fourth-order valence-corrected chi connectivity index (χ4v) is 2.38. The molecule has 96 valence electrons. The van der Waals surface area contributed by atoms with Crippen molar-refractivity contribution in [3.05, 3.63) is 24.2 Å². The molecule has 1 heterocycles. The Morgan fingerprint density at radius 2 is 2.29 bits per heavy atom. The van der Waals surface area contributed by atoms with Crippen LogP contribution in [0, 0.1) is 0 Å². The van der Waals surface area contributed by atoms with Crippen molar-refractivity contribution in [1.29, 1.82) is 0 Å². The van der Waals surface area contributed by atoms with Crippen LogP contribution in [0.25, 0.3) is 0 Å². The van der Waals surface area contributed by atoms with Crippen molar-refractivity contribution >= 4 is 16.7 Å². The first kappa shape index (κ1) is 13.9. The van der Waals surface area contributed by atoms with Gasteiger partial charge in [0.25, 0.3) is 0 Å². The maximum absolute atomic E-state index is 11.7. The Balaban J connectivity index is 2.39. The largest absolute Gasteiger partial charge is 0.467 e. The van der Waals surface area contributed by atoms with Crippen LogP contribution >= 0.6 is 0 Å². The Labute approximate surface area is 103 Å². The first-order valence-corrected chi connectivity index (χ1v) is 6.81. The summed E-state index contributed by atoms with van der Waals surface area (Å²) in [6.07, 6.45) is 1.54. The third-order valence-electron chi connectivity index (χ3n) is 2.21. The van der Waals surface area contributed by atoms with Crippen molar-refractivity contribution in [3.63, 3.8) is 0 Å². The van der Waals surface area contributed by atoms with Gasteiger partial charge in [-0.3, -0.25) is 9.00 Å². The van der Waals surface area contributed by atoms with E-state index in [2.05, 4.69) is 5.32 Å². The normalized spacial score (nSPS) is 16.2. The van der Waals surface area contributed by atoms with E-state index in [0.717, 1.165) is 0 Å². The van der Waals surface area contributed by atoms with Gasteiger partial charge >= 0.3 is 0 Å². The first-order valence-electron chi connectivity index (χ1n) is 5.43. The number of carbonyl (C=O) groups is 1. The summed E-state index contributed by atoms with van der Waals surface area (Å²) in [7, 11) is -1.24. The molecule has 0 aliphatic rings. The standard InChI is InChI=1S/C11H18N2O3S/c1-8(12)7-17(15)9(2)11(14)13-6-10-4-3-5-16-10/h3-5,8-9H,6-7,12H2,1-2H3,(H,13,14). The predicted octanol–water partition coefficient (Wildman–Crippen LogP) is 0.380. The number of nitrogens with two attached hydrogens (primary N) is 1. The van der Waals surface area contributed by atoms with Crippen molar-refractivity contribution in [2.24, 2.45) is 5.73 Å². The molecule has 3 N–H and O–H groups in total. The van der Waals surface area contributed by atoms with E-state index < -0.39 is 16.0 Å². The molecule has 1 amide bonds. The summed E-state index contributed by atoms with van der Waals surface area (Å²) in [6, 6.07) is 3.35. The molecule has 0 spiro atoms. The average Bonchev–Trinajstić information content (AvgIpc) is 2.76. The highest BCUT2D eigenvalue weighted by atomic mass is 32.2. The Kier molecular flexibility index (Phi) is 5.37. The van der Waals surface area contributed by atoms with Crippen molar-refractivity contribution in [2.75, 3.05) is 5.75 Å². The topological polar surface area (TPSA) is 85.3 Å². The van der Waals surface area contributed by atoms with E-state index >= 15 is 0 Å². The van der Waals surface area contributed by atoms with E-state index in [4.69, 9.17) is 10.2 Å². The molecule has 6 heteroatoms. The fraction of sp³-hybridized carbons (Fsp3) is 0.545. The SMILES string of the molecule is CC(N)CS(=O)C(C)C(=O)NCc1ccco1. The zero-order valence-corrected chi connectivity index (χ0v) is 10.8. The van der Waals surface area contributed by atoms with Gasteiger partial charge in [-0.15, -0.1) is 0 Å². The van der Waals surface area contributed by atoms with Gasteiger partial charge in [0.1, 0.15) is 11.0 Å². The van der Waals surface area contributed by atoms with Gasteiger partial charge in [0.2, 0.25) is 5.91 Å². The summed E-state index contributed by atoms with van der Waals surface area (Å²) in [5.41, 5.74) is 5.54. The lowest BCUT2D eigenvalue weighted by atomic mass is 10.4. The number of nitrogens with one attached hydrogen (secondary N) is 1. The lowest BCUT2D eigenvalue weighted by Crippen LogP contribution is -2.38. The number of amides is 1.